The molecule has 29 heavy (non-hydrogen) atoms. The molecular formula is C21H24FN5OS. The van der Waals surface area contributed by atoms with E-state index in [1.54, 1.807) is 16.8 Å². The van der Waals surface area contributed by atoms with E-state index < -0.39 is 0 Å². The summed E-state index contributed by atoms with van der Waals surface area (Å²) in [4.78, 5) is 20.6. The number of nitrogens with one attached hydrogen (secondary N) is 1. The molecule has 8 heteroatoms. The number of hydrogen-bond acceptors (Lipinski definition) is 5. The molecule has 4 rings (SSSR count). The van der Waals surface area contributed by atoms with Crippen LogP contribution in [-0.4, -0.2) is 50.7 Å². The van der Waals surface area contributed by atoms with Gasteiger partial charge in [0.1, 0.15) is 5.82 Å². The Hall–Kier alpha value is -2.58. The third-order valence-corrected chi connectivity index (χ3v) is 6.08. The van der Waals surface area contributed by atoms with E-state index in [-0.39, 0.29) is 23.6 Å². The van der Waals surface area contributed by atoms with Gasteiger partial charge in [-0.15, -0.1) is 16.4 Å². The van der Waals surface area contributed by atoms with Gasteiger partial charge in [0.2, 0.25) is 5.82 Å². The molecular weight excluding hydrogens is 389 g/mol. The molecule has 0 unspecified atom stereocenters. The summed E-state index contributed by atoms with van der Waals surface area (Å²) in [5, 5.41) is 9.47. The van der Waals surface area contributed by atoms with Crippen molar-refractivity contribution in [1.82, 2.24) is 25.0 Å². The molecule has 0 atom stereocenters. The van der Waals surface area contributed by atoms with Crippen LogP contribution < -0.4 is 5.32 Å². The molecule has 1 fully saturated rings. The highest BCUT2D eigenvalue weighted by molar-refractivity contribution is 7.13. The van der Waals surface area contributed by atoms with Crippen LogP contribution in [0.3, 0.4) is 0 Å². The highest BCUT2D eigenvalue weighted by atomic mass is 32.1. The molecule has 152 valence electrons. The largest absolute Gasteiger partial charge is 0.346 e. The van der Waals surface area contributed by atoms with Crippen molar-refractivity contribution in [3.8, 4) is 16.4 Å². The summed E-state index contributed by atoms with van der Waals surface area (Å²) in [5.74, 6) is 0.110. The van der Waals surface area contributed by atoms with Crippen LogP contribution in [0.1, 0.15) is 37.3 Å². The van der Waals surface area contributed by atoms with Crippen molar-refractivity contribution in [2.24, 2.45) is 0 Å². The molecule has 3 aromatic rings. The lowest BCUT2D eigenvalue weighted by atomic mass is 10.0. The average Bonchev–Trinajstić information content (AvgIpc) is 3.39. The minimum absolute atomic E-state index is 0.125. The normalized spacial score (nSPS) is 15.7. The Morgan fingerprint density at radius 1 is 1.21 bits per heavy atom. The Kier molecular flexibility index (Phi) is 5.73. The number of amides is 1. The first kappa shape index (κ1) is 19.7. The van der Waals surface area contributed by atoms with Crippen molar-refractivity contribution in [3.63, 3.8) is 0 Å². The first-order chi connectivity index (χ1) is 14.0. The fraction of sp³-hybridized carbons (Fsp3) is 0.381. The first-order valence-electron chi connectivity index (χ1n) is 9.83. The van der Waals surface area contributed by atoms with Crippen molar-refractivity contribution >= 4 is 17.2 Å². The monoisotopic (exact) mass is 413 g/mol. The minimum Gasteiger partial charge on any atom is -0.346 e. The molecule has 0 bridgehead atoms. The van der Waals surface area contributed by atoms with Crippen LogP contribution in [0.5, 0.6) is 0 Å². The Labute approximate surface area is 173 Å². The molecule has 0 radical (unpaired) electrons. The van der Waals surface area contributed by atoms with Gasteiger partial charge >= 0.3 is 0 Å². The van der Waals surface area contributed by atoms with Crippen molar-refractivity contribution < 1.29 is 9.18 Å². The second-order valence-electron chi connectivity index (χ2n) is 7.50. The van der Waals surface area contributed by atoms with Crippen LogP contribution in [0.15, 0.2) is 41.8 Å². The van der Waals surface area contributed by atoms with Gasteiger partial charge in [0.05, 0.1) is 10.6 Å². The molecule has 6 nitrogen and oxygen atoms in total. The Morgan fingerprint density at radius 2 is 1.93 bits per heavy atom. The molecule has 0 spiro atoms. The second kappa shape index (κ2) is 8.42. The van der Waals surface area contributed by atoms with Crippen molar-refractivity contribution in [2.45, 2.75) is 38.8 Å². The number of carbonyl (C=O) groups excluding carboxylic acids is 1. The van der Waals surface area contributed by atoms with Crippen LogP contribution in [0.2, 0.25) is 0 Å². The summed E-state index contributed by atoms with van der Waals surface area (Å²) in [6.07, 6.45) is 1.83. The Morgan fingerprint density at radius 3 is 2.55 bits per heavy atom. The van der Waals surface area contributed by atoms with Gasteiger partial charge in [-0.1, -0.05) is 6.07 Å². The number of nitrogens with zero attached hydrogens (tertiary/aromatic N) is 4. The van der Waals surface area contributed by atoms with Crippen LogP contribution in [0.25, 0.3) is 16.4 Å². The summed E-state index contributed by atoms with van der Waals surface area (Å²) < 4.78 is 14.9. The van der Waals surface area contributed by atoms with Gasteiger partial charge < -0.3 is 10.2 Å². The fourth-order valence-electron chi connectivity index (χ4n) is 3.55. The first-order valence-corrected chi connectivity index (χ1v) is 10.7. The Bertz CT molecular complexity index is 960. The number of piperidine rings is 1. The predicted octanol–water partition coefficient (Wildman–Crippen LogP) is 3.74. The van der Waals surface area contributed by atoms with Crippen LogP contribution in [0, 0.1) is 5.82 Å². The molecule has 1 N–H and O–H groups in total. The molecule has 1 saturated heterocycles. The van der Waals surface area contributed by atoms with Crippen molar-refractivity contribution in [3.05, 3.63) is 53.4 Å². The zero-order valence-corrected chi connectivity index (χ0v) is 17.3. The number of benzene rings is 1. The zero-order chi connectivity index (χ0) is 20.4. The van der Waals surface area contributed by atoms with E-state index in [0.29, 0.717) is 17.6 Å². The lowest BCUT2D eigenvalue weighted by molar-refractivity contribution is 0.0890. The smallest absolute Gasteiger partial charge is 0.291 e. The van der Waals surface area contributed by atoms with Gasteiger partial charge in [0, 0.05) is 25.2 Å². The molecule has 0 saturated carbocycles. The maximum absolute atomic E-state index is 13.3. The zero-order valence-electron chi connectivity index (χ0n) is 16.5. The highest BCUT2D eigenvalue weighted by Crippen LogP contribution is 2.26. The molecule has 0 aliphatic carbocycles. The molecule has 2 aromatic heterocycles. The lowest BCUT2D eigenvalue weighted by Crippen LogP contribution is -2.46. The summed E-state index contributed by atoms with van der Waals surface area (Å²) in [6.45, 7) is 6.33. The molecule has 1 aliphatic heterocycles. The number of likely N-dealkylation sites (tertiary alicyclic amines) is 1. The predicted molar refractivity (Wildman–Crippen MR) is 112 cm³/mol. The Balaban J connectivity index is 1.55. The van der Waals surface area contributed by atoms with E-state index in [2.05, 4.69) is 34.1 Å². The lowest BCUT2D eigenvalue weighted by Gasteiger charge is -2.34. The third kappa shape index (κ3) is 4.38. The molecule has 3 heterocycles. The highest BCUT2D eigenvalue weighted by Gasteiger charge is 2.25. The van der Waals surface area contributed by atoms with Gasteiger partial charge in [-0.25, -0.2) is 14.1 Å². The fourth-order valence-corrected chi connectivity index (χ4v) is 4.24. The van der Waals surface area contributed by atoms with Crippen LogP contribution in [-0.2, 0) is 0 Å². The topological polar surface area (TPSA) is 63.1 Å². The summed E-state index contributed by atoms with van der Waals surface area (Å²) >= 11 is 1.52. The number of carbonyl (C=O) groups is 1. The maximum Gasteiger partial charge on any atom is 0.291 e. The van der Waals surface area contributed by atoms with Gasteiger partial charge in [0.25, 0.3) is 5.91 Å². The number of aromatic nitrogens is 3. The maximum atomic E-state index is 13.3. The van der Waals surface area contributed by atoms with E-state index >= 15 is 0 Å². The summed E-state index contributed by atoms with van der Waals surface area (Å²) in [7, 11) is 0. The van der Waals surface area contributed by atoms with E-state index in [1.807, 2.05) is 17.5 Å². The number of hydrogen-bond donors (Lipinski definition) is 1. The van der Waals surface area contributed by atoms with Crippen molar-refractivity contribution in [1.29, 1.82) is 0 Å². The van der Waals surface area contributed by atoms with Gasteiger partial charge in [-0.05, 0) is 62.4 Å². The summed E-state index contributed by atoms with van der Waals surface area (Å²) in [6, 6.07) is 10.5. The quantitative estimate of drug-likeness (QED) is 0.692. The van der Waals surface area contributed by atoms with E-state index in [1.165, 1.54) is 23.5 Å². The average molecular weight is 414 g/mol. The number of halogens is 1. The second-order valence-corrected chi connectivity index (χ2v) is 8.45. The standard InChI is InChI=1S/C21H24FN5OS/c1-14(2)26-11-9-16(10-12-26)23-21(28)19-24-20(18-4-3-13-29-18)27(25-19)17-7-5-15(22)6-8-17/h3-8,13-14,16H,9-12H2,1-2H3,(H,23,28). The molecule has 1 amide bonds. The SMILES string of the molecule is CC(C)N1CCC(NC(=O)c2nc(-c3cccs3)n(-c3ccc(F)cc3)n2)CC1. The van der Waals surface area contributed by atoms with E-state index in [4.69, 9.17) is 0 Å². The van der Waals surface area contributed by atoms with Crippen LogP contribution >= 0.6 is 11.3 Å². The number of rotatable bonds is 5. The third-order valence-electron chi connectivity index (χ3n) is 5.22. The number of thiophene rings is 1. The minimum atomic E-state index is -0.322. The summed E-state index contributed by atoms with van der Waals surface area (Å²) in [5.41, 5.74) is 0.659. The van der Waals surface area contributed by atoms with Crippen LogP contribution in [0.4, 0.5) is 4.39 Å². The van der Waals surface area contributed by atoms with Crippen molar-refractivity contribution in [2.75, 3.05) is 13.1 Å². The van der Waals surface area contributed by atoms with E-state index in [9.17, 15) is 9.18 Å². The van der Waals surface area contributed by atoms with Gasteiger partial charge in [0.15, 0.2) is 5.82 Å². The molecule has 1 aliphatic rings. The molecule has 1 aromatic carbocycles. The van der Waals surface area contributed by atoms with E-state index in [0.717, 1.165) is 30.8 Å². The van der Waals surface area contributed by atoms with Gasteiger partial charge in [-0.3, -0.25) is 4.79 Å². The van der Waals surface area contributed by atoms with Gasteiger partial charge in [-0.2, -0.15) is 0 Å².